The van der Waals surface area contributed by atoms with E-state index in [1.165, 1.54) is 4.90 Å². The summed E-state index contributed by atoms with van der Waals surface area (Å²) < 4.78 is 6.72. The van der Waals surface area contributed by atoms with E-state index in [0.717, 1.165) is 0 Å². The Kier molecular flexibility index (Phi) is 3.41. The first-order valence-corrected chi connectivity index (χ1v) is 5.74. The maximum Gasteiger partial charge on any atom is 0.273 e. The predicted molar refractivity (Wildman–Crippen MR) is 72.5 cm³/mol. The first kappa shape index (κ1) is 12.9. The average molecular weight is 260 g/mol. The highest BCUT2D eigenvalue weighted by Gasteiger charge is 2.14. The van der Waals surface area contributed by atoms with Crippen LogP contribution in [0.1, 0.15) is 10.5 Å². The maximum atomic E-state index is 11.8. The minimum atomic E-state index is -0.153. The van der Waals surface area contributed by atoms with E-state index in [2.05, 4.69) is 5.10 Å². The minimum absolute atomic E-state index is 0.153. The van der Waals surface area contributed by atoms with Crippen molar-refractivity contribution in [2.75, 3.05) is 26.9 Å². The number of amides is 1. The van der Waals surface area contributed by atoms with Crippen molar-refractivity contribution in [2.45, 2.75) is 0 Å². The van der Waals surface area contributed by atoms with Gasteiger partial charge in [-0.2, -0.15) is 5.10 Å². The number of carbonyl (C=O) groups is 1. The standard InChI is InChI=1S/C13H16N4O2/c1-16(2)13(18)9-7-8-17(15-9)10-5-4-6-11(19-3)12(10)14/h4-8H,14H2,1-3H3. The largest absolute Gasteiger partial charge is 0.495 e. The summed E-state index contributed by atoms with van der Waals surface area (Å²) >= 11 is 0. The van der Waals surface area contributed by atoms with Gasteiger partial charge in [0.05, 0.1) is 12.8 Å². The number of para-hydroxylation sites is 1. The van der Waals surface area contributed by atoms with Crippen molar-refractivity contribution >= 4 is 11.6 Å². The summed E-state index contributed by atoms with van der Waals surface area (Å²) in [6, 6.07) is 7.06. The van der Waals surface area contributed by atoms with E-state index < -0.39 is 0 Å². The summed E-state index contributed by atoms with van der Waals surface area (Å²) in [5.41, 5.74) is 7.52. The highest BCUT2D eigenvalue weighted by molar-refractivity contribution is 5.91. The van der Waals surface area contributed by atoms with Crippen molar-refractivity contribution in [3.63, 3.8) is 0 Å². The summed E-state index contributed by atoms with van der Waals surface area (Å²) in [6.45, 7) is 0. The summed E-state index contributed by atoms with van der Waals surface area (Å²) in [5.74, 6) is 0.425. The van der Waals surface area contributed by atoms with E-state index in [1.807, 2.05) is 12.1 Å². The van der Waals surface area contributed by atoms with Gasteiger partial charge in [0, 0.05) is 20.3 Å². The third kappa shape index (κ3) is 2.37. The number of rotatable bonds is 3. The number of ether oxygens (including phenoxy) is 1. The molecule has 6 heteroatoms. The molecule has 0 aliphatic carbocycles. The second-order valence-electron chi connectivity index (χ2n) is 4.24. The first-order valence-electron chi connectivity index (χ1n) is 5.74. The van der Waals surface area contributed by atoms with Gasteiger partial charge in [0.25, 0.3) is 5.91 Å². The van der Waals surface area contributed by atoms with Crippen LogP contribution in [-0.4, -0.2) is 41.8 Å². The number of anilines is 1. The van der Waals surface area contributed by atoms with Crippen LogP contribution in [0.5, 0.6) is 5.75 Å². The minimum Gasteiger partial charge on any atom is -0.495 e. The summed E-state index contributed by atoms with van der Waals surface area (Å²) in [7, 11) is 4.92. The van der Waals surface area contributed by atoms with Gasteiger partial charge in [0.15, 0.2) is 5.69 Å². The van der Waals surface area contributed by atoms with Gasteiger partial charge < -0.3 is 15.4 Å². The molecule has 1 aromatic heterocycles. The monoisotopic (exact) mass is 260 g/mol. The number of nitrogen functional groups attached to an aromatic ring is 1. The number of aromatic nitrogens is 2. The fourth-order valence-corrected chi connectivity index (χ4v) is 1.71. The van der Waals surface area contributed by atoms with Crippen molar-refractivity contribution in [1.29, 1.82) is 0 Å². The summed E-state index contributed by atoms with van der Waals surface area (Å²) in [5, 5.41) is 4.23. The normalized spacial score (nSPS) is 10.3. The third-order valence-electron chi connectivity index (χ3n) is 2.72. The molecule has 2 N–H and O–H groups in total. The molecule has 19 heavy (non-hydrogen) atoms. The Morgan fingerprint density at radius 2 is 2.11 bits per heavy atom. The van der Waals surface area contributed by atoms with Crippen LogP contribution in [0.25, 0.3) is 5.69 Å². The molecule has 1 heterocycles. The van der Waals surface area contributed by atoms with Crippen molar-refractivity contribution < 1.29 is 9.53 Å². The van der Waals surface area contributed by atoms with Crippen LogP contribution < -0.4 is 10.5 Å². The molecule has 0 aliphatic heterocycles. The molecule has 6 nitrogen and oxygen atoms in total. The van der Waals surface area contributed by atoms with E-state index in [-0.39, 0.29) is 5.91 Å². The Morgan fingerprint density at radius 1 is 1.37 bits per heavy atom. The van der Waals surface area contributed by atoms with E-state index in [9.17, 15) is 4.79 Å². The number of nitrogens with two attached hydrogens (primary N) is 1. The summed E-state index contributed by atoms with van der Waals surface area (Å²) in [4.78, 5) is 13.3. The number of hydrogen-bond acceptors (Lipinski definition) is 4. The zero-order valence-electron chi connectivity index (χ0n) is 11.1. The van der Waals surface area contributed by atoms with Gasteiger partial charge in [0.2, 0.25) is 0 Å². The van der Waals surface area contributed by atoms with E-state index in [1.54, 1.807) is 44.2 Å². The highest BCUT2D eigenvalue weighted by Crippen LogP contribution is 2.27. The second kappa shape index (κ2) is 5.01. The fraction of sp³-hybridized carbons (Fsp3) is 0.231. The highest BCUT2D eigenvalue weighted by atomic mass is 16.5. The Bertz CT molecular complexity index is 604. The molecule has 0 saturated carbocycles. The lowest BCUT2D eigenvalue weighted by molar-refractivity contribution is 0.0821. The summed E-state index contributed by atoms with van der Waals surface area (Å²) in [6.07, 6.45) is 1.70. The van der Waals surface area contributed by atoms with Gasteiger partial charge in [-0.25, -0.2) is 4.68 Å². The van der Waals surface area contributed by atoms with Crippen LogP contribution in [0.4, 0.5) is 5.69 Å². The van der Waals surface area contributed by atoms with Crippen molar-refractivity contribution in [3.05, 3.63) is 36.2 Å². The quantitative estimate of drug-likeness (QED) is 0.841. The molecule has 1 aromatic carbocycles. The molecule has 0 bridgehead atoms. The molecule has 0 radical (unpaired) electrons. The number of nitrogens with zero attached hydrogens (tertiary/aromatic N) is 3. The van der Waals surface area contributed by atoms with Crippen LogP contribution in [-0.2, 0) is 0 Å². The van der Waals surface area contributed by atoms with Gasteiger partial charge in [0.1, 0.15) is 11.4 Å². The van der Waals surface area contributed by atoms with Crippen molar-refractivity contribution in [2.24, 2.45) is 0 Å². The lowest BCUT2D eigenvalue weighted by Gasteiger charge is -2.10. The van der Waals surface area contributed by atoms with Gasteiger partial charge in [-0.3, -0.25) is 4.79 Å². The SMILES string of the molecule is COc1cccc(-n2ccc(C(=O)N(C)C)n2)c1N. The van der Waals surface area contributed by atoms with Gasteiger partial charge in [-0.05, 0) is 18.2 Å². The number of benzene rings is 1. The number of hydrogen-bond donors (Lipinski definition) is 1. The second-order valence-corrected chi connectivity index (χ2v) is 4.24. The van der Waals surface area contributed by atoms with E-state index in [4.69, 9.17) is 10.5 Å². The molecule has 0 spiro atoms. The van der Waals surface area contributed by atoms with Gasteiger partial charge in [-0.15, -0.1) is 0 Å². The molecule has 0 unspecified atom stereocenters. The molecular weight excluding hydrogens is 244 g/mol. The molecule has 1 amide bonds. The Hall–Kier alpha value is -2.50. The lowest BCUT2D eigenvalue weighted by Crippen LogP contribution is -2.22. The molecule has 0 fully saturated rings. The Labute approximate surface area is 111 Å². The van der Waals surface area contributed by atoms with Crippen LogP contribution in [0, 0.1) is 0 Å². The van der Waals surface area contributed by atoms with E-state index in [0.29, 0.717) is 22.8 Å². The zero-order valence-corrected chi connectivity index (χ0v) is 11.1. The molecule has 2 aromatic rings. The van der Waals surface area contributed by atoms with Gasteiger partial charge in [-0.1, -0.05) is 6.07 Å². The van der Waals surface area contributed by atoms with Crippen LogP contribution in [0.3, 0.4) is 0 Å². The Morgan fingerprint density at radius 3 is 2.74 bits per heavy atom. The molecule has 0 atom stereocenters. The predicted octanol–water partition coefficient (Wildman–Crippen LogP) is 1.16. The van der Waals surface area contributed by atoms with Gasteiger partial charge >= 0.3 is 0 Å². The van der Waals surface area contributed by atoms with Crippen LogP contribution in [0.15, 0.2) is 30.5 Å². The third-order valence-corrected chi connectivity index (χ3v) is 2.72. The van der Waals surface area contributed by atoms with Crippen LogP contribution in [0.2, 0.25) is 0 Å². The van der Waals surface area contributed by atoms with Crippen LogP contribution >= 0.6 is 0 Å². The number of carbonyl (C=O) groups excluding carboxylic acids is 1. The van der Waals surface area contributed by atoms with E-state index >= 15 is 0 Å². The topological polar surface area (TPSA) is 73.4 Å². The molecular formula is C13H16N4O2. The smallest absolute Gasteiger partial charge is 0.273 e. The Balaban J connectivity index is 2.41. The molecule has 2 rings (SSSR count). The number of methoxy groups -OCH3 is 1. The molecule has 0 aliphatic rings. The molecule has 0 saturated heterocycles. The fourth-order valence-electron chi connectivity index (χ4n) is 1.71. The first-order chi connectivity index (χ1) is 9.04. The maximum absolute atomic E-state index is 11.8. The van der Waals surface area contributed by atoms with Crippen molar-refractivity contribution in [3.8, 4) is 11.4 Å². The lowest BCUT2D eigenvalue weighted by atomic mass is 10.2. The zero-order chi connectivity index (χ0) is 14.0. The average Bonchev–Trinajstić information content (AvgIpc) is 2.87. The van der Waals surface area contributed by atoms with Crippen molar-refractivity contribution in [1.82, 2.24) is 14.7 Å². The molecule has 100 valence electrons.